The number of ether oxygens (including phenoxy) is 1. The minimum Gasteiger partial charge on any atom is -0.496 e. The van der Waals surface area contributed by atoms with Gasteiger partial charge in [0.15, 0.2) is 5.13 Å². The van der Waals surface area contributed by atoms with Crippen molar-refractivity contribution < 1.29 is 14.3 Å². The van der Waals surface area contributed by atoms with E-state index in [2.05, 4.69) is 66.1 Å². The monoisotopic (exact) mass is 585 g/mol. The van der Waals surface area contributed by atoms with Gasteiger partial charge in [0, 0.05) is 40.5 Å². The molecule has 2 amide bonds. The zero-order valence-electron chi connectivity index (χ0n) is 24.0. The molecule has 6 nitrogen and oxygen atoms in total. The van der Waals surface area contributed by atoms with Gasteiger partial charge in [-0.25, -0.2) is 4.98 Å². The van der Waals surface area contributed by atoms with Crippen molar-refractivity contribution in [3.63, 3.8) is 0 Å². The van der Waals surface area contributed by atoms with E-state index in [1.54, 1.807) is 13.2 Å². The third kappa shape index (κ3) is 4.70. The first kappa shape index (κ1) is 27.1. The number of nitrogens with zero attached hydrogens (tertiary/aromatic N) is 1. The molecule has 5 aromatic rings. The van der Waals surface area contributed by atoms with Crippen LogP contribution < -0.4 is 15.4 Å². The number of methoxy groups -OCH3 is 1. The molecule has 2 bridgehead atoms. The second-order valence-corrected chi connectivity index (χ2v) is 12.3. The first-order chi connectivity index (χ1) is 21.0. The second kappa shape index (κ2) is 10.8. The number of thiazole rings is 1. The first-order valence-corrected chi connectivity index (χ1v) is 15.3. The number of nitrogens with one attached hydrogen (secondary N) is 2. The Morgan fingerprint density at radius 1 is 0.907 bits per heavy atom. The summed E-state index contributed by atoms with van der Waals surface area (Å²) in [6, 6.07) is 32.1. The molecule has 1 atom stereocenters. The minimum atomic E-state index is -0.612. The highest BCUT2D eigenvalue weighted by atomic mass is 32.1. The van der Waals surface area contributed by atoms with Crippen LogP contribution in [0.25, 0.3) is 11.3 Å². The van der Waals surface area contributed by atoms with Gasteiger partial charge in [0.2, 0.25) is 5.91 Å². The summed E-state index contributed by atoms with van der Waals surface area (Å²) < 4.78 is 5.39. The van der Waals surface area contributed by atoms with Gasteiger partial charge < -0.3 is 15.4 Å². The summed E-state index contributed by atoms with van der Waals surface area (Å²) >= 11 is 1.40. The molecule has 4 aromatic carbocycles. The minimum absolute atomic E-state index is 0.0168. The molecule has 1 aromatic heterocycles. The van der Waals surface area contributed by atoms with Crippen molar-refractivity contribution in [3.8, 4) is 17.0 Å². The molecule has 0 saturated heterocycles. The molecule has 214 valence electrons. The molecule has 0 saturated carbocycles. The van der Waals surface area contributed by atoms with Gasteiger partial charge in [0.25, 0.3) is 5.91 Å². The Morgan fingerprint density at radius 2 is 1.58 bits per heavy atom. The zero-order valence-corrected chi connectivity index (χ0v) is 24.8. The lowest BCUT2D eigenvalue weighted by molar-refractivity contribution is -0.126. The fourth-order valence-electron chi connectivity index (χ4n) is 6.84. The molecule has 1 unspecified atom stereocenters. The SMILES string of the molecule is COc1ccccc1CNC(=O)c1cccc(-c2csc(NC(=O)C3(C)CC4c5ccccc5C3c3ccccc34)n2)c1. The Bertz CT molecular complexity index is 1820. The predicted octanol–water partition coefficient (Wildman–Crippen LogP) is 7.37. The van der Waals surface area contributed by atoms with E-state index in [-0.39, 0.29) is 23.7 Å². The van der Waals surface area contributed by atoms with Crippen molar-refractivity contribution in [1.29, 1.82) is 0 Å². The number of aromatic nitrogens is 1. The first-order valence-electron chi connectivity index (χ1n) is 14.4. The van der Waals surface area contributed by atoms with Crippen molar-refractivity contribution in [2.24, 2.45) is 5.41 Å². The lowest BCUT2D eigenvalue weighted by atomic mass is 9.52. The molecule has 8 rings (SSSR count). The zero-order chi connectivity index (χ0) is 29.6. The molecule has 0 radical (unpaired) electrons. The summed E-state index contributed by atoms with van der Waals surface area (Å²) in [6.45, 7) is 2.45. The highest BCUT2D eigenvalue weighted by Crippen LogP contribution is 2.61. The summed E-state index contributed by atoms with van der Waals surface area (Å²) in [5.41, 5.74) is 7.51. The number of hydrogen-bond donors (Lipinski definition) is 2. The Hall–Kier alpha value is -4.75. The van der Waals surface area contributed by atoms with Gasteiger partial charge in [-0.15, -0.1) is 11.3 Å². The van der Waals surface area contributed by atoms with Crippen LogP contribution in [0, 0.1) is 5.41 Å². The molecule has 0 fully saturated rings. The average molecular weight is 586 g/mol. The van der Waals surface area contributed by atoms with E-state index >= 15 is 0 Å². The number of benzene rings is 4. The highest BCUT2D eigenvalue weighted by molar-refractivity contribution is 7.14. The Balaban J connectivity index is 1.09. The molecule has 0 aliphatic heterocycles. The predicted molar refractivity (Wildman–Crippen MR) is 170 cm³/mol. The van der Waals surface area contributed by atoms with E-state index in [1.807, 2.05) is 47.8 Å². The molecule has 2 N–H and O–H groups in total. The number of amides is 2. The number of para-hydroxylation sites is 1. The number of fused-ring (bicyclic) bond motifs is 1. The Kier molecular flexibility index (Phi) is 6.82. The number of carbonyl (C=O) groups is 2. The number of carbonyl (C=O) groups excluding carboxylic acids is 2. The largest absolute Gasteiger partial charge is 0.496 e. The summed E-state index contributed by atoms with van der Waals surface area (Å²) in [5.74, 6) is 0.707. The van der Waals surface area contributed by atoms with Gasteiger partial charge in [-0.3, -0.25) is 9.59 Å². The van der Waals surface area contributed by atoms with Crippen LogP contribution in [0.5, 0.6) is 5.75 Å². The van der Waals surface area contributed by atoms with Gasteiger partial charge >= 0.3 is 0 Å². The van der Waals surface area contributed by atoms with Crippen LogP contribution in [-0.2, 0) is 11.3 Å². The average Bonchev–Trinajstić information content (AvgIpc) is 3.52. The van der Waals surface area contributed by atoms with Gasteiger partial charge in [0.1, 0.15) is 5.75 Å². The van der Waals surface area contributed by atoms with E-state index < -0.39 is 5.41 Å². The van der Waals surface area contributed by atoms with Crippen LogP contribution >= 0.6 is 11.3 Å². The molecule has 7 heteroatoms. The molecule has 0 spiro atoms. The van der Waals surface area contributed by atoms with Crippen LogP contribution in [0.1, 0.15) is 63.4 Å². The van der Waals surface area contributed by atoms with Crippen molar-refractivity contribution in [3.05, 3.63) is 136 Å². The maximum absolute atomic E-state index is 14.0. The summed E-state index contributed by atoms with van der Waals surface area (Å²) in [7, 11) is 1.62. The quantitative estimate of drug-likeness (QED) is 0.209. The molecule has 1 heterocycles. The summed E-state index contributed by atoms with van der Waals surface area (Å²) in [6.07, 6.45) is 0.752. The van der Waals surface area contributed by atoms with Gasteiger partial charge in [-0.1, -0.05) is 78.9 Å². The van der Waals surface area contributed by atoms with Crippen LogP contribution in [-0.4, -0.2) is 23.9 Å². The van der Waals surface area contributed by atoms with E-state index in [4.69, 9.17) is 9.72 Å². The van der Waals surface area contributed by atoms with Crippen LogP contribution in [0.3, 0.4) is 0 Å². The second-order valence-electron chi connectivity index (χ2n) is 11.4. The van der Waals surface area contributed by atoms with Crippen LogP contribution in [0.2, 0.25) is 0 Å². The fraction of sp³-hybridized carbons (Fsp3) is 0.194. The number of hydrogen-bond acceptors (Lipinski definition) is 5. The topological polar surface area (TPSA) is 80.3 Å². The summed E-state index contributed by atoms with van der Waals surface area (Å²) in [5, 5.41) is 8.60. The van der Waals surface area contributed by atoms with Gasteiger partial charge in [-0.2, -0.15) is 0 Å². The van der Waals surface area contributed by atoms with E-state index in [9.17, 15) is 9.59 Å². The van der Waals surface area contributed by atoms with Gasteiger partial charge in [-0.05, 0) is 53.8 Å². The van der Waals surface area contributed by atoms with Crippen molar-refractivity contribution in [1.82, 2.24) is 10.3 Å². The standard InChI is InChI=1S/C36H31N3O3S/c1-36(19-29-25-13-4-6-15-27(25)32(36)28-16-7-5-14-26(28)29)34(41)39-35-38-30(21-43-35)22-11-9-12-23(18-22)33(40)37-20-24-10-3-8-17-31(24)42-2/h3-18,21,29,32H,19-20H2,1-2H3,(H,37,40)(H,38,39,41). The van der Waals surface area contributed by atoms with Crippen molar-refractivity contribution in [2.75, 3.05) is 12.4 Å². The number of rotatable bonds is 7. The Morgan fingerprint density at radius 3 is 2.30 bits per heavy atom. The molecule has 3 aliphatic rings. The normalized spacial score (nSPS) is 19.7. The highest BCUT2D eigenvalue weighted by Gasteiger charge is 2.54. The number of anilines is 1. The van der Waals surface area contributed by atoms with E-state index in [1.165, 1.54) is 33.6 Å². The fourth-order valence-corrected chi connectivity index (χ4v) is 7.55. The third-order valence-corrected chi connectivity index (χ3v) is 9.68. The molecule has 3 aliphatic carbocycles. The lowest BCUT2D eigenvalue weighted by Gasteiger charge is -2.50. The van der Waals surface area contributed by atoms with Crippen LogP contribution in [0.4, 0.5) is 5.13 Å². The molecular formula is C36H31N3O3S. The smallest absolute Gasteiger partial charge is 0.251 e. The van der Waals surface area contributed by atoms with E-state index in [0.29, 0.717) is 22.9 Å². The molecule has 43 heavy (non-hydrogen) atoms. The maximum Gasteiger partial charge on any atom is 0.251 e. The van der Waals surface area contributed by atoms with E-state index in [0.717, 1.165) is 23.3 Å². The lowest BCUT2D eigenvalue weighted by Crippen LogP contribution is -2.47. The van der Waals surface area contributed by atoms with Gasteiger partial charge in [0.05, 0.1) is 18.2 Å². The maximum atomic E-state index is 14.0. The Labute approximate surface area is 254 Å². The third-order valence-electron chi connectivity index (χ3n) is 8.93. The van der Waals surface area contributed by atoms with Crippen molar-refractivity contribution >= 4 is 28.3 Å². The molecular weight excluding hydrogens is 554 g/mol. The van der Waals surface area contributed by atoms with Crippen LogP contribution in [0.15, 0.2) is 102 Å². The summed E-state index contributed by atoms with van der Waals surface area (Å²) in [4.78, 5) is 31.7. The van der Waals surface area contributed by atoms with Crippen molar-refractivity contribution in [2.45, 2.75) is 31.7 Å².